The van der Waals surface area contributed by atoms with Crippen molar-refractivity contribution < 1.29 is 0 Å². The molecule has 2 rings (SSSR count). The quantitative estimate of drug-likeness (QED) is 0.897. The van der Waals surface area contributed by atoms with E-state index in [2.05, 4.69) is 49.9 Å². The van der Waals surface area contributed by atoms with Gasteiger partial charge in [0.1, 0.15) is 0 Å². The lowest BCUT2D eigenvalue weighted by molar-refractivity contribution is 0.111. The second-order valence-electron chi connectivity index (χ2n) is 6.17. The van der Waals surface area contributed by atoms with Crippen LogP contribution in [0.1, 0.15) is 50.3 Å². The predicted octanol–water partition coefficient (Wildman–Crippen LogP) is 3.51. The monoisotopic (exact) mass is 260 g/mol. The fourth-order valence-corrected chi connectivity index (χ4v) is 3.19. The molecule has 1 fully saturated rings. The molecule has 0 aromatic heterocycles. The highest BCUT2D eigenvalue weighted by molar-refractivity contribution is 5.25. The van der Waals surface area contributed by atoms with Crippen molar-refractivity contribution in [1.82, 2.24) is 4.90 Å². The molecule has 0 aliphatic carbocycles. The van der Waals surface area contributed by atoms with E-state index in [4.69, 9.17) is 5.73 Å². The summed E-state index contributed by atoms with van der Waals surface area (Å²) in [4.78, 5) is 2.60. The molecular weight excluding hydrogens is 232 g/mol. The highest BCUT2D eigenvalue weighted by Gasteiger charge is 2.28. The van der Waals surface area contributed by atoms with E-state index in [1.165, 1.54) is 37.1 Å². The molecule has 0 spiro atoms. The van der Waals surface area contributed by atoms with Crippen LogP contribution in [0.4, 0.5) is 0 Å². The number of rotatable bonds is 4. The first-order chi connectivity index (χ1) is 9.11. The molecule has 0 radical (unpaired) electrons. The first kappa shape index (κ1) is 14.5. The van der Waals surface area contributed by atoms with Gasteiger partial charge in [-0.3, -0.25) is 4.90 Å². The van der Waals surface area contributed by atoms with E-state index < -0.39 is 0 Å². The minimum atomic E-state index is 0.230. The Morgan fingerprint density at radius 1 is 1.32 bits per heavy atom. The van der Waals surface area contributed by atoms with Crippen LogP contribution in [0.3, 0.4) is 0 Å². The van der Waals surface area contributed by atoms with E-state index in [9.17, 15) is 0 Å². The van der Waals surface area contributed by atoms with Gasteiger partial charge in [-0.05, 0) is 44.2 Å². The first-order valence-corrected chi connectivity index (χ1v) is 7.68. The summed E-state index contributed by atoms with van der Waals surface area (Å²) in [5, 5.41) is 0. The summed E-state index contributed by atoms with van der Waals surface area (Å²) in [6.07, 6.45) is 3.70. The van der Waals surface area contributed by atoms with Crippen LogP contribution in [0.2, 0.25) is 0 Å². The van der Waals surface area contributed by atoms with Crippen LogP contribution in [0, 0.1) is 12.8 Å². The van der Waals surface area contributed by atoms with Crippen LogP contribution < -0.4 is 5.73 Å². The zero-order chi connectivity index (χ0) is 13.8. The Labute approximate surface area is 118 Å². The highest BCUT2D eigenvalue weighted by atomic mass is 15.2. The zero-order valence-corrected chi connectivity index (χ0v) is 12.6. The third-order valence-electron chi connectivity index (χ3n) is 4.38. The topological polar surface area (TPSA) is 29.3 Å². The maximum Gasteiger partial charge on any atom is 0.0499 e. The molecule has 106 valence electrons. The van der Waals surface area contributed by atoms with E-state index in [0.29, 0.717) is 6.04 Å². The number of aryl methyl sites for hydroxylation is 1. The third kappa shape index (κ3) is 3.58. The molecule has 3 unspecified atom stereocenters. The van der Waals surface area contributed by atoms with Crippen molar-refractivity contribution in [1.29, 1.82) is 0 Å². The molecule has 1 aromatic rings. The van der Waals surface area contributed by atoms with Gasteiger partial charge >= 0.3 is 0 Å². The second-order valence-corrected chi connectivity index (χ2v) is 6.17. The summed E-state index contributed by atoms with van der Waals surface area (Å²) in [6.45, 7) is 9.07. The number of likely N-dealkylation sites (tertiary alicyclic amines) is 1. The van der Waals surface area contributed by atoms with Crippen molar-refractivity contribution in [2.75, 3.05) is 13.1 Å². The van der Waals surface area contributed by atoms with Gasteiger partial charge in [0.25, 0.3) is 0 Å². The van der Waals surface area contributed by atoms with Gasteiger partial charge in [0.15, 0.2) is 0 Å². The number of piperidine rings is 1. The molecule has 1 aromatic carbocycles. The molecule has 2 heteroatoms. The Balaban J connectivity index is 2.22. The normalized spacial score (nSPS) is 24.1. The van der Waals surface area contributed by atoms with Crippen molar-refractivity contribution in [3.8, 4) is 0 Å². The molecule has 1 aliphatic heterocycles. The van der Waals surface area contributed by atoms with Gasteiger partial charge in [0.05, 0.1) is 0 Å². The maximum atomic E-state index is 6.42. The fraction of sp³-hybridized carbons (Fsp3) is 0.647. The third-order valence-corrected chi connectivity index (χ3v) is 4.38. The van der Waals surface area contributed by atoms with E-state index in [1.54, 1.807) is 0 Å². The molecular formula is C17H28N2. The van der Waals surface area contributed by atoms with Gasteiger partial charge in [-0.2, -0.15) is 0 Å². The SMILES string of the molecule is CCC(N)C(c1ccc(C)cc1)N1CCCC(C)C1. The lowest BCUT2D eigenvalue weighted by Gasteiger charge is -2.40. The zero-order valence-electron chi connectivity index (χ0n) is 12.6. The Bertz CT molecular complexity index is 385. The van der Waals surface area contributed by atoms with Crippen LogP contribution >= 0.6 is 0 Å². The predicted molar refractivity (Wildman–Crippen MR) is 82.2 cm³/mol. The Morgan fingerprint density at radius 3 is 2.58 bits per heavy atom. The number of hydrogen-bond acceptors (Lipinski definition) is 2. The summed E-state index contributed by atoms with van der Waals surface area (Å²) in [5.74, 6) is 0.797. The Kier molecular flexibility index (Phi) is 5.00. The highest BCUT2D eigenvalue weighted by Crippen LogP contribution is 2.29. The minimum absolute atomic E-state index is 0.230. The van der Waals surface area contributed by atoms with Crippen LogP contribution in [0.15, 0.2) is 24.3 Å². The van der Waals surface area contributed by atoms with Gasteiger partial charge in [0.2, 0.25) is 0 Å². The van der Waals surface area contributed by atoms with Crippen LogP contribution in [-0.2, 0) is 0 Å². The minimum Gasteiger partial charge on any atom is -0.326 e. The molecule has 0 amide bonds. The van der Waals surface area contributed by atoms with Crippen molar-refractivity contribution in [3.05, 3.63) is 35.4 Å². The van der Waals surface area contributed by atoms with Crippen LogP contribution in [0.5, 0.6) is 0 Å². The summed E-state index contributed by atoms with van der Waals surface area (Å²) < 4.78 is 0. The molecule has 2 nitrogen and oxygen atoms in total. The molecule has 19 heavy (non-hydrogen) atoms. The van der Waals surface area contributed by atoms with Crippen molar-refractivity contribution in [2.24, 2.45) is 11.7 Å². The van der Waals surface area contributed by atoms with Crippen molar-refractivity contribution in [3.63, 3.8) is 0 Å². The standard InChI is InChI=1S/C17H28N2/c1-4-16(18)17(15-9-7-13(2)8-10-15)19-11-5-6-14(3)12-19/h7-10,14,16-17H,4-6,11-12,18H2,1-3H3. The largest absolute Gasteiger partial charge is 0.326 e. The van der Waals surface area contributed by atoms with Gasteiger partial charge in [0, 0.05) is 18.6 Å². The lowest BCUT2D eigenvalue weighted by atomic mass is 9.91. The van der Waals surface area contributed by atoms with Crippen LogP contribution in [-0.4, -0.2) is 24.0 Å². The van der Waals surface area contributed by atoms with Crippen molar-refractivity contribution in [2.45, 2.75) is 52.1 Å². The summed E-state index contributed by atoms with van der Waals surface area (Å²) in [6, 6.07) is 9.54. The first-order valence-electron chi connectivity index (χ1n) is 7.68. The fourth-order valence-electron chi connectivity index (χ4n) is 3.19. The van der Waals surface area contributed by atoms with E-state index >= 15 is 0 Å². The molecule has 1 aliphatic rings. The molecule has 0 saturated carbocycles. The average molecular weight is 260 g/mol. The number of hydrogen-bond donors (Lipinski definition) is 1. The van der Waals surface area contributed by atoms with Gasteiger partial charge in [-0.15, -0.1) is 0 Å². The summed E-state index contributed by atoms with van der Waals surface area (Å²) in [5.41, 5.74) is 9.12. The number of benzene rings is 1. The summed E-state index contributed by atoms with van der Waals surface area (Å²) in [7, 11) is 0. The maximum absolute atomic E-state index is 6.42. The number of nitrogens with zero attached hydrogens (tertiary/aromatic N) is 1. The molecule has 0 bridgehead atoms. The van der Waals surface area contributed by atoms with E-state index in [1.807, 2.05) is 0 Å². The molecule has 2 N–H and O–H groups in total. The van der Waals surface area contributed by atoms with Crippen molar-refractivity contribution >= 4 is 0 Å². The van der Waals surface area contributed by atoms with E-state index in [-0.39, 0.29) is 6.04 Å². The second kappa shape index (κ2) is 6.53. The van der Waals surface area contributed by atoms with Gasteiger partial charge in [-0.1, -0.05) is 43.7 Å². The van der Waals surface area contributed by atoms with Gasteiger partial charge in [-0.25, -0.2) is 0 Å². The van der Waals surface area contributed by atoms with Gasteiger partial charge < -0.3 is 5.73 Å². The summed E-state index contributed by atoms with van der Waals surface area (Å²) >= 11 is 0. The molecule has 1 heterocycles. The molecule has 1 saturated heterocycles. The number of nitrogens with two attached hydrogens (primary N) is 1. The van der Waals surface area contributed by atoms with Crippen LogP contribution in [0.25, 0.3) is 0 Å². The Hall–Kier alpha value is -0.860. The Morgan fingerprint density at radius 2 is 2.00 bits per heavy atom. The smallest absolute Gasteiger partial charge is 0.0499 e. The molecule has 3 atom stereocenters. The van der Waals surface area contributed by atoms with E-state index in [0.717, 1.165) is 12.3 Å². The average Bonchev–Trinajstić information content (AvgIpc) is 2.41. The lowest BCUT2D eigenvalue weighted by Crippen LogP contribution is -2.45.